The molecule has 3 unspecified atom stereocenters. The minimum atomic E-state index is -3.97. The van der Waals surface area contributed by atoms with Gasteiger partial charge in [0.2, 0.25) is 10.0 Å². The Morgan fingerprint density at radius 3 is 2.71 bits per heavy atom. The summed E-state index contributed by atoms with van der Waals surface area (Å²) < 4.78 is 27.7. The van der Waals surface area contributed by atoms with Gasteiger partial charge in [-0.2, -0.15) is 9.57 Å². The number of aliphatic carboxylic acids is 1. The molecule has 24 heavy (non-hydrogen) atoms. The number of nitrogens with zero attached hydrogens (tertiary/aromatic N) is 2. The van der Waals surface area contributed by atoms with Gasteiger partial charge < -0.3 is 5.11 Å². The Balaban J connectivity index is 2.10. The molecule has 1 aliphatic carbocycles. The van der Waals surface area contributed by atoms with Gasteiger partial charge in [-0.05, 0) is 49.8 Å². The predicted molar refractivity (Wildman–Crippen MR) is 86.7 cm³/mol. The van der Waals surface area contributed by atoms with Crippen LogP contribution in [0.15, 0.2) is 23.1 Å². The van der Waals surface area contributed by atoms with E-state index in [2.05, 4.69) is 0 Å². The Labute approximate surface area is 141 Å². The van der Waals surface area contributed by atoms with Crippen LogP contribution in [0.25, 0.3) is 0 Å². The molecular weight excluding hydrogens is 328 g/mol. The number of carboxylic acids is 1. The Bertz CT molecular complexity index is 812. The molecule has 2 aliphatic rings. The summed E-state index contributed by atoms with van der Waals surface area (Å²) in [6.45, 7) is 1.66. The quantitative estimate of drug-likeness (QED) is 0.903. The third-order valence-corrected chi connectivity index (χ3v) is 7.26. The molecule has 128 valence electrons. The summed E-state index contributed by atoms with van der Waals surface area (Å²) in [5.74, 6) is -0.990. The van der Waals surface area contributed by atoms with Gasteiger partial charge in [-0.1, -0.05) is 18.9 Å². The Kier molecular flexibility index (Phi) is 4.37. The van der Waals surface area contributed by atoms with E-state index in [0.29, 0.717) is 18.4 Å². The van der Waals surface area contributed by atoms with Crippen LogP contribution in [0.3, 0.4) is 0 Å². The van der Waals surface area contributed by atoms with E-state index < -0.39 is 22.0 Å². The molecule has 0 aromatic heterocycles. The summed E-state index contributed by atoms with van der Waals surface area (Å²) in [5, 5.41) is 18.6. The second-order valence-corrected chi connectivity index (χ2v) is 8.44. The number of nitriles is 1. The summed E-state index contributed by atoms with van der Waals surface area (Å²) in [4.78, 5) is 11.7. The smallest absolute Gasteiger partial charge is 0.322 e. The van der Waals surface area contributed by atoms with Crippen molar-refractivity contribution in [2.24, 2.45) is 5.92 Å². The van der Waals surface area contributed by atoms with E-state index in [-0.39, 0.29) is 22.4 Å². The van der Waals surface area contributed by atoms with Crippen molar-refractivity contribution in [1.29, 1.82) is 5.26 Å². The highest BCUT2D eigenvalue weighted by Crippen LogP contribution is 2.43. The number of sulfonamides is 1. The van der Waals surface area contributed by atoms with Crippen LogP contribution >= 0.6 is 0 Å². The molecule has 0 amide bonds. The lowest BCUT2D eigenvalue weighted by molar-refractivity contribution is -0.141. The molecule has 1 saturated heterocycles. The molecule has 2 fully saturated rings. The minimum absolute atomic E-state index is 0.0408. The van der Waals surface area contributed by atoms with Gasteiger partial charge in [-0.3, -0.25) is 4.79 Å². The van der Waals surface area contributed by atoms with Crippen molar-refractivity contribution >= 4 is 16.0 Å². The highest BCUT2D eigenvalue weighted by atomic mass is 32.2. The third kappa shape index (κ3) is 2.70. The van der Waals surface area contributed by atoms with E-state index in [1.807, 2.05) is 6.07 Å². The number of hydrogen-bond acceptors (Lipinski definition) is 4. The maximum absolute atomic E-state index is 13.2. The van der Waals surface area contributed by atoms with Crippen molar-refractivity contribution in [3.63, 3.8) is 0 Å². The average Bonchev–Trinajstić information content (AvgIpc) is 2.95. The predicted octanol–water partition coefficient (Wildman–Crippen LogP) is 2.27. The van der Waals surface area contributed by atoms with Crippen LogP contribution in [0.4, 0.5) is 0 Å². The van der Waals surface area contributed by atoms with E-state index in [9.17, 15) is 18.3 Å². The molecule has 1 heterocycles. The van der Waals surface area contributed by atoms with Crippen molar-refractivity contribution in [1.82, 2.24) is 4.31 Å². The molecule has 1 aromatic rings. The van der Waals surface area contributed by atoms with Crippen molar-refractivity contribution in [2.75, 3.05) is 0 Å². The lowest BCUT2D eigenvalue weighted by atomic mass is 9.85. The zero-order chi connectivity index (χ0) is 17.5. The van der Waals surface area contributed by atoms with Gasteiger partial charge in [0.15, 0.2) is 0 Å². The van der Waals surface area contributed by atoms with Crippen LogP contribution in [0.2, 0.25) is 0 Å². The molecule has 1 aromatic carbocycles. The van der Waals surface area contributed by atoms with Gasteiger partial charge >= 0.3 is 5.97 Å². The maximum Gasteiger partial charge on any atom is 0.322 e. The fourth-order valence-electron chi connectivity index (χ4n) is 4.04. The first-order chi connectivity index (χ1) is 11.4. The maximum atomic E-state index is 13.2. The van der Waals surface area contributed by atoms with Gasteiger partial charge in [0, 0.05) is 6.04 Å². The Morgan fingerprint density at radius 2 is 2.04 bits per heavy atom. The van der Waals surface area contributed by atoms with Crippen LogP contribution in [-0.2, 0) is 14.8 Å². The molecular formula is C17H20N2O4S. The second kappa shape index (κ2) is 6.19. The Morgan fingerprint density at radius 1 is 1.33 bits per heavy atom. The zero-order valence-corrected chi connectivity index (χ0v) is 14.3. The molecule has 0 radical (unpaired) electrons. The Hall–Kier alpha value is -1.91. The number of benzene rings is 1. The standard InChI is InChI=1S/C17H20N2O4S/c1-11-6-7-12(10-18)8-16(11)24(22,23)19-14-5-3-2-4-13(14)9-15(19)17(20)21/h6-8,13-15H,2-5,9H2,1H3,(H,20,21). The van der Waals surface area contributed by atoms with Crippen LogP contribution in [0.1, 0.15) is 43.2 Å². The zero-order valence-electron chi connectivity index (χ0n) is 13.5. The van der Waals surface area contributed by atoms with Crippen molar-refractivity contribution in [2.45, 2.75) is 56.0 Å². The first-order valence-corrected chi connectivity index (χ1v) is 9.57. The lowest BCUT2D eigenvalue weighted by Crippen LogP contribution is -2.46. The van der Waals surface area contributed by atoms with Gasteiger partial charge in [0.05, 0.1) is 16.5 Å². The number of fused-ring (bicyclic) bond motifs is 1. The van der Waals surface area contributed by atoms with Crippen molar-refractivity contribution in [3.05, 3.63) is 29.3 Å². The molecule has 1 N–H and O–H groups in total. The molecule has 1 aliphatic heterocycles. The van der Waals surface area contributed by atoms with Crippen LogP contribution in [0, 0.1) is 24.2 Å². The fraction of sp³-hybridized carbons (Fsp3) is 0.529. The van der Waals surface area contributed by atoms with Gasteiger partial charge in [0.1, 0.15) is 6.04 Å². The first-order valence-electron chi connectivity index (χ1n) is 8.13. The second-order valence-electron chi connectivity index (χ2n) is 6.63. The normalized spacial score (nSPS) is 27.4. The number of carboxylic acid groups (broad SMARTS) is 1. The topological polar surface area (TPSA) is 98.5 Å². The molecule has 0 bridgehead atoms. The van der Waals surface area contributed by atoms with E-state index in [4.69, 9.17) is 5.26 Å². The summed E-state index contributed by atoms with van der Waals surface area (Å²) >= 11 is 0. The van der Waals surface area contributed by atoms with Crippen molar-refractivity contribution in [3.8, 4) is 6.07 Å². The molecule has 3 atom stereocenters. The lowest BCUT2D eigenvalue weighted by Gasteiger charge is -2.32. The summed E-state index contributed by atoms with van der Waals surface area (Å²) in [6, 6.07) is 5.18. The highest BCUT2D eigenvalue weighted by Gasteiger charge is 2.51. The summed E-state index contributed by atoms with van der Waals surface area (Å²) in [7, 11) is -3.97. The number of hydrogen-bond donors (Lipinski definition) is 1. The summed E-state index contributed by atoms with van der Waals surface area (Å²) in [6.07, 6.45) is 3.87. The third-order valence-electron chi connectivity index (χ3n) is 5.19. The van der Waals surface area contributed by atoms with E-state index >= 15 is 0 Å². The van der Waals surface area contributed by atoms with E-state index in [1.165, 1.54) is 10.4 Å². The monoisotopic (exact) mass is 348 g/mol. The minimum Gasteiger partial charge on any atom is -0.480 e. The van der Waals surface area contributed by atoms with E-state index in [1.54, 1.807) is 19.1 Å². The largest absolute Gasteiger partial charge is 0.480 e. The average molecular weight is 348 g/mol. The number of aryl methyl sites for hydroxylation is 1. The van der Waals surface area contributed by atoms with Crippen molar-refractivity contribution < 1.29 is 18.3 Å². The summed E-state index contributed by atoms with van der Waals surface area (Å²) in [5.41, 5.74) is 0.780. The molecule has 7 heteroatoms. The fourth-order valence-corrected chi connectivity index (χ4v) is 6.16. The number of carbonyl (C=O) groups is 1. The molecule has 1 saturated carbocycles. The number of rotatable bonds is 3. The van der Waals surface area contributed by atoms with Crippen LogP contribution in [-0.4, -0.2) is 35.9 Å². The van der Waals surface area contributed by atoms with Gasteiger partial charge in [-0.25, -0.2) is 8.42 Å². The first kappa shape index (κ1) is 16.9. The van der Waals surface area contributed by atoms with E-state index in [0.717, 1.165) is 19.3 Å². The molecule has 3 rings (SSSR count). The molecule has 6 nitrogen and oxygen atoms in total. The highest BCUT2D eigenvalue weighted by molar-refractivity contribution is 7.89. The van der Waals surface area contributed by atoms with Gasteiger partial charge in [0.25, 0.3) is 0 Å². The SMILES string of the molecule is Cc1ccc(C#N)cc1S(=O)(=O)N1C(C(=O)O)CC2CCCCC21. The van der Waals surface area contributed by atoms with Crippen LogP contribution in [0.5, 0.6) is 0 Å². The van der Waals surface area contributed by atoms with Crippen LogP contribution < -0.4 is 0 Å². The molecule has 0 spiro atoms. The van der Waals surface area contributed by atoms with Gasteiger partial charge in [-0.15, -0.1) is 0 Å².